The molecule has 2 heterocycles. The monoisotopic (exact) mass is 316 g/mol. The van der Waals surface area contributed by atoms with Crippen molar-refractivity contribution >= 4 is 5.69 Å². The van der Waals surface area contributed by atoms with E-state index < -0.39 is 0 Å². The molecule has 0 aromatic heterocycles. The molecule has 0 saturated carbocycles. The number of nitrogens with one attached hydrogen (secondary N) is 1. The van der Waals surface area contributed by atoms with Crippen LogP contribution in [0.2, 0.25) is 0 Å². The second kappa shape index (κ2) is 7.65. The van der Waals surface area contributed by atoms with Gasteiger partial charge in [-0.3, -0.25) is 4.90 Å². The number of fused-ring (bicyclic) bond motifs is 1. The highest BCUT2D eigenvalue weighted by molar-refractivity contribution is 5.52. The fourth-order valence-corrected chi connectivity index (χ4v) is 4.03. The number of likely N-dealkylation sites (N-methyl/N-ethyl adjacent to an activating group) is 1. The molecule has 128 valence electrons. The highest BCUT2D eigenvalue weighted by Crippen LogP contribution is 2.31. The topological polar surface area (TPSA) is 21.8 Å². The summed E-state index contributed by atoms with van der Waals surface area (Å²) in [4.78, 5) is 7.66. The number of anilines is 1. The predicted octanol–water partition coefficient (Wildman–Crippen LogP) is 2.31. The Labute approximate surface area is 141 Å². The highest BCUT2D eigenvalue weighted by Gasteiger charge is 2.28. The molecule has 1 saturated heterocycles. The van der Waals surface area contributed by atoms with Crippen LogP contribution in [0.15, 0.2) is 18.2 Å². The van der Waals surface area contributed by atoms with Crippen LogP contribution in [0.5, 0.6) is 0 Å². The summed E-state index contributed by atoms with van der Waals surface area (Å²) < 4.78 is 0. The van der Waals surface area contributed by atoms with Crippen molar-refractivity contribution < 1.29 is 0 Å². The molecule has 4 heteroatoms. The second-order valence-electron chi connectivity index (χ2n) is 6.67. The van der Waals surface area contributed by atoms with Gasteiger partial charge in [0.25, 0.3) is 0 Å². The van der Waals surface area contributed by atoms with Gasteiger partial charge in [-0.15, -0.1) is 0 Å². The van der Waals surface area contributed by atoms with Gasteiger partial charge in [-0.2, -0.15) is 0 Å². The van der Waals surface area contributed by atoms with E-state index in [1.54, 1.807) is 5.56 Å². The standard InChI is InChI=1S/C19H32N4/c1-4-21-9-11-23(12-10-21)19-15-20-14-16-13-17(7-8-18(16)19)22(5-2)6-3/h7-8,13,19-20H,4-6,9-12,14-15H2,1-3H3/t19-/m0/s1. The Morgan fingerprint density at radius 3 is 2.48 bits per heavy atom. The maximum atomic E-state index is 3.64. The number of hydrogen-bond acceptors (Lipinski definition) is 4. The lowest BCUT2D eigenvalue weighted by atomic mass is 9.94. The van der Waals surface area contributed by atoms with Crippen molar-refractivity contribution in [3.63, 3.8) is 0 Å². The van der Waals surface area contributed by atoms with Crippen LogP contribution < -0.4 is 10.2 Å². The fourth-order valence-electron chi connectivity index (χ4n) is 4.03. The quantitative estimate of drug-likeness (QED) is 0.900. The van der Waals surface area contributed by atoms with Gasteiger partial charge in [-0.25, -0.2) is 0 Å². The molecule has 2 aliphatic rings. The molecule has 1 aromatic rings. The van der Waals surface area contributed by atoms with Crippen LogP contribution >= 0.6 is 0 Å². The molecular formula is C19H32N4. The molecule has 0 aliphatic carbocycles. The van der Waals surface area contributed by atoms with E-state index in [0.29, 0.717) is 6.04 Å². The van der Waals surface area contributed by atoms with Gasteiger partial charge in [0.15, 0.2) is 0 Å². The largest absolute Gasteiger partial charge is 0.372 e. The average molecular weight is 316 g/mol. The third-order valence-corrected chi connectivity index (χ3v) is 5.56. The minimum absolute atomic E-state index is 0.545. The van der Waals surface area contributed by atoms with Gasteiger partial charge < -0.3 is 15.1 Å². The number of rotatable bonds is 5. The zero-order chi connectivity index (χ0) is 16.2. The molecule has 0 spiro atoms. The SMILES string of the molecule is CCN1CCN([C@H]2CNCc3cc(N(CC)CC)ccc32)CC1. The molecule has 0 radical (unpaired) electrons. The van der Waals surface area contributed by atoms with Gasteiger partial charge >= 0.3 is 0 Å². The Bertz CT molecular complexity index is 504. The van der Waals surface area contributed by atoms with E-state index in [9.17, 15) is 0 Å². The molecule has 23 heavy (non-hydrogen) atoms. The van der Waals surface area contributed by atoms with Crippen molar-refractivity contribution in [1.29, 1.82) is 0 Å². The van der Waals surface area contributed by atoms with E-state index in [0.717, 1.165) is 26.2 Å². The molecule has 4 nitrogen and oxygen atoms in total. The maximum absolute atomic E-state index is 3.64. The zero-order valence-corrected chi connectivity index (χ0v) is 15.0. The Hall–Kier alpha value is -1.10. The first-order valence-electron chi connectivity index (χ1n) is 9.31. The van der Waals surface area contributed by atoms with E-state index >= 15 is 0 Å². The van der Waals surface area contributed by atoms with Crippen LogP contribution in [0.1, 0.15) is 37.9 Å². The van der Waals surface area contributed by atoms with Gasteiger partial charge in [0, 0.05) is 64.1 Å². The molecule has 3 rings (SSSR count). The first kappa shape index (κ1) is 16.7. The van der Waals surface area contributed by atoms with E-state index in [-0.39, 0.29) is 0 Å². The zero-order valence-electron chi connectivity index (χ0n) is 15.0. The van der Waals surface area contributed by atoms with Crippen molar-refractivity contribution in [2.45, 2.75) is 33.4 Å². The van der Waals surface area contributed by atoms with E-state index in [2.05, 4.69) is 59.0 Å². The third-order valence-electron chi connectivity index (χ3n) is 5.56. The summed E-state index contributed by atoms with van der Waals surface area (Å²) in [5.74, 6) is 0. The Kier molecular flexibility index (Phi) is 5.57. The molecule has 1 aromatic carbocycles. The smallest absolute Gasteiger partial charge is 0.0477 e. The molecule has 1 N–H and O–H groups in total. The minimum Gasteiger partial charge on any atom is -0.372 e. The number of nitrogens with zero attached hydrogens (tertiary/aromatic N) is 3. The summed E-state index contributed by atoms with van der Waals surface area (Å²) in [6.45, 7) is 17.0. The van der Waals surface area contributed by atoms with Crippen molar-refractivity contribution in [3.8, 4) is 0 Å². The molecule has 0 bridgehead atoms. The molecular weight excluding hydrogens is 284 g/mol. The van der Waals surface area contributed by atoms with E-state index in [1.807, 2.05) is 0 Å². The normalized spacial score (nSPS) is 22.8. The lowest BCUT2D eigenvalue weighted by Gasteiger charge is -2.41. The van der Waals surface area contributed by atoms with Crippen LogP contribution in [0.4, 0.5) is 5.69 Å². The first-order chi connectivity index (χ1) is 11.3. The summed E-state index contributed by atoms with van der Waals surface area (Å²) in [5, 5.41) is 3.64. The Morgan fingerprint density at radius 1 is 1.09 bits per heavy atom. The maximum Gasteiger partial charge on any atom is 0.0477 e. The third kappa shape index (κ3) is 3.54. The van der Waals surface area contributed by atoms with Gasteiger partial charge in [-0.1, -0.05) is 13.0 Å². The lowest BCUT2D eigenvalue weighted by Crippen LogP contribution is -2.50. The lowest BCUT2D eigenvalue weighted by molar-refractivity contribution is 0.0949. The predicted molar refractivity (Wildman–Crippen MR) is 98.1 cm³/mol. The van der Waals surface area contributed by atoms with E-state index in [4.69, 9.17) is 0 Å². The number of benzene rings is 1. The summed E-state index contributed by atoms with van der Waals surface area (Å²) in [5.41, 5.74) is 4.40. The Morgan fingerprint density at radius 2 is 1.83 bits per heavy atom. The van der Waals surface area contributed by atoms with Crippen molar-refractivity contribution in [2.24, 2.45) is 0 Å². The van der Waals surface area contributed by atoms with Crippen molar-refractivity contribution in [2.75, 3.05) is 57.3 Å². The summed E-state index contributed by atoms with van der Waals surface area (Å²) in [7, 11) is 0. The first-order valence-corrected chi connectivity index (χ1v) is 9.31. The fraction of sp³-hybridized carbons (Fsp3) is 0.684. The van der Waals surface area contributed by atoms with Gasteiger partial charge in [-0.05, 0) is 43.7 Å². The highest BCUT2D eigenvalue weighted by atomic mass is 15.3. The number of hydrogen-bond donors (Lipinski definition) is 1. The van der Waals surface area contributed by atoms with E-state index in [1.165, 1.54) is 44.0 Å². The van der Waals surface area contributed by atoms with Gasteiger partial charge in [0.2, 0.25) is 0 Å². The molecule has 0 unspecified atom stereocenters. The Balaban J connectivity index is 1.77. The van der Waals surface area contributed by atoms with Crippen LogP contribution in [-0.4, -0.2) is 62.2 Å². The van der Waals surface area contributed by atoms with Gasteiger partial charge in [0.05, 0.1) is 0 Å². The van der Waals surface area contributed by atoms with Crippen LogP contribution in [0.3, 0.4) is 0 Å². The second-order valence-corrected chi connectivity index (χ2v) is 6.67. The van der Waals surface area contributed by atoms with Crippen LogP contribution in [0.25, 0.3) is 0 Å². The summed E-state index contributed by atoms with van der Waals surface area (Å²) in [6, 6.07) is 7.67. The molecule has 1 atom stereocenters. The molecule has 0 amide bonds. The van der Waals surface area contributed by atoms with Crippen molar-refractivity contribution in [1.82, 2.24) is 15.1 Å². The number of piperazine rings is 1. The average Bonchev–Trinajstić information content (AvgIpc) is 2.62. The van der Waals surface area contributed by atoms with Gasteiger partial charge in [0.1, 0.15) is 0 Å². The molecule has 1 fully saturated rings. The molecule has 2 aliphatic heterocycles. The minimum atomic E-state index is 0.545. The van der Waals surface area contributed by atoms with Crippen LogP contribution in [-0.2, 0) is 6.54 Å². The summed E-state index contributed by atoms with van der Waals surface area (Å²) >= 11 is 0. The summed E-state index contributed by atoms with van der Waals surface area (Å²) in [6.07, 6.45) is 0. The van der Waals surface area contributed by atoms with Crippen LogP contribution in [0, 0.1) is 0 Å². The van der Waals surface area contributed by atoms with Crippen molar-refractivity contribution in [3.05, 3.63) is 29.3 Å².